The molecule has 0 atom stereocenters. The van der Waals surface area contributed by atoms with Gasteiger partial charge in [0.15, 0.2) is 11.5 Å². The normalized spacial score (nSPS) is 10.8. The van der Waals surface area contributed by atoms with Crippen molar-refractivity contribution >= 4 is 15.9 Å². The van der Waals surface area contributed by atoms with E-state index in [-0.39, 0.29) is 23.2 Å². The minimum atomic E-state index is -0.383. The second-order valence-corrected chi connectivity index (χ2v) is 5.11. The predicted molar refractivity (Wildman–Crippen MR) is 76.2 cm³/mol. The minimum Gasteiger partial charge on any atom is -0.504 e. The summed E-state index contributed by atoms with van der Waals surface area (Å²) >= 11 is 3.09. The first kappa shape index (κ1) is 13.6. The van der Waals surface area contributed by atoms with Gasteiger partial charge in [-0.05, 0) is 52.3 Å². The molecule has 0 fully saturated rings. The molecule has 0 aliphatic carbocycles. The van der Waals surface area contributed by atoms with Crippen molar-refractivity contribution in [2.75, 3.05) is 0 Å². The molecule has 2 aromatic carbocycles. The van der Waals surface area contributed by atoms with E-state index in [1.807, 2.05) is 0 Å². The Kier molecular flexibility index (Phi) is 3.34. The number of benzene rings is 2. The van der Waals surface area contributed by atoms with Crippen LogP contribution < -0.4 is 0 Å². The van der Waals surface area contributed by atoms with Crippen molar-refractivity contribution < 1.29 is 19.1 Å². The summed E-state index contributed by atoms with van der Waals surface area (Å²) in [5.41, 5.74) is 1.05. The fourth-order valence-electron chi connectivity index (χ4n) is 1.75. The molecule has 0 amide bonds. The lowest BCUT2D eigenvalue weighted by Gasteiger charge is -1.98. The Hall–Kier alpha value is -2.41. The van der Waals surface area contributed by atoms with Gasteiger partial charge in [0, 0.05) is 11.1 Å². The largest absolute Gasteiger partial charge is 0.504 e. The second kappa shape index (κ2) is 5.17. The van der Waals surface area contributed by atoms with Gasteiger partial charge in [0.25, 0.3) is 5.89 Å². The van der Waals surface area contributed by atoms with Crippen molar-refractivity contribution in [1.82, 2.24) is 10.1 Å². The van der Waals surface area contributed by atoms with Gasteiger partial charge in [0.05, 0.1) is 4.47 Å². The molecule has 5 nitrogen and oxygen atoms in total. The number of halogens is 2. The van der Waals surface area contributed by atoms with Crippen molar-refractivity contribution in [2.24, 2.45) is 0 Å². The highest BCUT2D eigenvalue weighted by atomic mass is 79.9. The highest BCUT2D eigenvalue weighted by molar-refractivity contribution is 9.10. The average molecular weight is 351 g/mol. The molecule has 1 heterocycles. The van der Waals surface area contributed by atoms with Gasteiger partial charge >= 0.3 is 0 Å². The first-order valence-corrected chi connectivity index (χ1v) is 6.65. The Morgan fingerprint density at radius 2 is 1.76 bits per heavy atom. The van der Waals surface area contributed by atoms with Crippen LogP contribution >= 0.6 is 15.9 Å². The van der Waals surface area contributed by atoms with Gasteiger partial charge in [0.2, 0.25) is 5.82 Å². The maximum atomic E-state index is 13.2. The number of phenols is 2. The molecule has 0 bridgehead atoms. The molecule has 3 rings (SSSR count). The van der Waals surface area contributed by atoms with Crippen molar-refractivity contribution in [3.63, 3.8) is 0 Å². The van der Waals surface area contributed by atoms with E-state index in [1.165, 1.54) is 36.4 Å². The van der Waals surface area contributed by atoms with Crippen molar-refractivity contribution in [2.45, 2.75) is 0 Å². The van der Waals surface area contributed by atoms with Crippen LogP contribution in [0.3, 0.4) is 0 Å². The van der Waals surface area contributed by atoms with E-state index in [0.717, 1.165) is 0 Å². The van der Waals surface area contributed by atoms with Crippen LogP contribution in [0.15, 0.2) is 45.4 Å². The zero-order valence-electron chi connectivity index (χ0n) is 10.4. The van der Waals surface area contributed by atoms with Crippen LogP contribution in [-0.2, 0) is 0 Å². The molecular formula is C14H8BrFN2O3. The highest BCUT2D eigenvalue weighted by Crippen LogP contribution is 2.31. The number of phenolic OH excluding ortho intramolecular Hbond substituents is 2. The molecule has 0 spiro atoms. The van der Waals surface area contributed by atoms with Crippen LogP contribution in [0.25, 0.3) is 22.8 Å². The molecule has 0 aliphatic heterocycles. The predicted octanol–water partition coefficient (Wildman–Crippen LogP) is 3.72. The van der Waals surface area contributed by atoms with Crippen LogP contribution in [-0.4, -0.2) is 20.4 Å². The minimum absolute atomic E-state index is 0.181. The molecule has 21 heavy (non-hydrogen) atoms. The van der Waals surface area contributed by atoms with E-state index in [2.05, 4.69) is 26.1 Å². The fourth-order valence-corrected chi connectivity index (χ4v) is 2.13. The van der Waals surface area contributed by atoms with E-state index in [4.69, 9.17) is 4.52 Å². The van der Waals surface area contributed by atoms with E-state index >= 15 is 0 Å². The molecular weight excluding hydrogens is 343 g/mol. The molecule has 0 saturated heterocycles. The van der Waals surface area contributed by atoms with Gasteiger partial charge in [-0.1, -0.05) is 5.16 Å². The Morgan fingerprint density at radius 1 is 1.00 bits per heavy atom. The highest BCUT2D eigenvalue weighted by Gasteiger charge is 2.13. The summed E-state index contributed by atoms with van der Waals surface area (Å²) in [7, 11) is 0. The smallest absolute Gasteiger partial charge is 0.258 e. The number of aromatic nitrogens is 2. The molecule has 2 N–H and O–H groups in total. The van der Waals surface area contributed by atoms with E-state index < -0.39 is 0 Å². The topological polar surface area (TPSA) is 79.4 Å². The number of hydrogen-bond donors (Lipinski definition) is 2. The Labute approximate surface area is 126 Å². The standard InChI is InChI=1S/C14H8BrFN2O3/c15-9-5-7(1-3-10(9)16)13-17-14(21-18-13)8-2-4-11(19)12(20)6-8/h1-6,19-20H. The molecule has 1 aromatic heterocycles. The maximum absolute atomic E-state index is 13.2. The van der Waals surface area contributed by atoms with Gasteiger partial charge in [0.1, 0.15) is 5.82 Å². The summed E-state index contributed by atoms with van der Waals surface area (Å²) in [6, 6.07) is 8.53. The SMILES string of the molecule is Oc1ccc(-c2nc(-c3ccc(F)c(Br)c3)no2)cc1O. The van der Waals surface area contributed by atoms with Crippen molar-refractivity contribution in [3.8, 4) is 34.3 Å². The summed E-state index contributed by atoms with van der Waals surface area (Å²) < 4.78 is 18.6. The molecule has 0 unspecified atom stereocenters. The Bertz CT molecular complexity index is 754. The van der Waals surface area contributed by atoms with E-state index in [0.29, 0.717) is 21.4 Å². The zero-order valence-corrected chi connectivity index (χ0v) is 12.0. The molecule has 0 radical (unpaired) electrons. The van der Waals surface area contributed by atoms with Crippen LogP contribution in [0.2, 0.25) is 0 Å². The van der Waals surface area contributed by atoms with Gasteiger partial charge in [-0.25, -0.2) is 4.39 Å². The van der Waals surface area contributed by atoms with Crippen molar-refractivity contribution in [3.05, 3.63) is 46.7 Å². The lowest BCUT2D eigenvalue weighted by atomic mass is 10.2. The Morgan fingerprint density at radius 3 is 2.48 bits per heavy atom. The fraction of sp³-hybridized carbons (Fsp3) is 0. The first-order chi connectivity index (χ1) is 10.0. The summed E-state index contributed by atoms with van der Waals surface area (Å²) in [6.45, 7) is 0. The quantitative estimate of drug-likeness (QED) is 0.688. The lowest BCUT2D eigenvalue weighted by molar-refractivity contribution is 0.402. The molecule has 7 heteroatoms. The van der Waals surface area contributed by atoms with Crippen LogP contribution in [0.5, 0.6) is 11.5 Å². The summed E-state index contributed by atoms with van der Waals surface area (Å²) in [5, 5.41) is 22.5. The number of nitrogens with zero attached hydrogens (tertiary/aromatic N) is 2. The molecule has 0 saturated carbocycles. The number of hydrogen-bond acceptors (Lipinski definition) is 5. The monoisotopic (exact) mass is 350 g/mol. The molecule has 106 valence electrons. The average Bonchev–Trinajstić information content (AvgIpc) is 2.94. The Balaban J connectivity index is 1.99. The van der Waals surface area contributed by atoms with E-state index in [9.17, 15) is 14.6 Å². The van der Waals surface area contributed by atoms with Gasteiger partial charge in [-0.2, -0.15) is 4.98 Å². The lowest BCUT2D eigenvalue weighted by Crippen LogP contribution is -1.84. The molecule has 0 aliphatic rings. The maximum Gasteiger partial charge on any atom is 0.258 e. The van der Waals surface area contributed by atoms with Crippen molar-refractivity contribution in [1.29, 1.82) is 0 Å². The van der Waals surface area contributed by atoms with E-state index in [1.54, 1.807) is 0 Å². The third-order valence-corrected chi connectivity index (χ3v) is 3.43. The number of aromatic hydroxyl groups is 2. The van der Waals surface area contributed by atoms with Gasteiger partial charge < -0.3 is 14.7 Å². The first-order valence-electron chi connectivity index (χ1n) is 5.86. The van der Waals surface area contributed by atoms with Gasteiger partial charge in [-0.3, -0.25) is 0 Å². The van der Waals surface area contributed by atoms with Crippen LogP contribution in [0.4, 0.5) is 4.39 Å². The van der Waals surface area contributed by atoms with Gasteiger partial charge in [-0.15, -0.1) is 0 Å². The van der Waals surface area contributed by atoms with Crippen LogP contribution in [0.1, 0.15) is 0 Å². The summed E-state index contributed by atoms with van der Waals surface area (Å²) in [6.07, 6.45) is 0. The third kappa shape index (κ3) is 2.59. The number of rotatable bonds is 2. The third-order valence-electron chi connectivity index (χ3n) is 2.83. The van der Waals surface area contributed by atoms with Crippen LogP contribution in [0, 0.1) is 5.82 Å². The second-order valence-electron chi connectivity index (χ2n) is 4.26. The summed E-state index contributed by atoms with van der Waals surface area (Å²) in [5.74, 6) is -0.428. The zero-order chi connectivity index (χ0) is 15.0. The molecule has 3 aromatic rings. The summed E-state index contributed by atoms with van der Waals surface area (Å²) in [4.78, 5) is 4.18.